The molecule has 1 aromatic heterocycles. The highest BCUT2D eigenvalue weighted by Crippen LogP contribution is 2.42. The van der Waals surface area contributed by atoms with Crippen molar-refractivity contribution in [2.75, 3.05) is 6.79 Å². The summed E-state index contributed by atoms with van der Waals surface area (Å²) in [6.07, 6.45) is 2.38. The molecule has 1 fully saturated rings. The van der Waals surface area contributed by atoms with Gasteiger partial charge in [-0.2, -0.15) is 0 Å². The number of aliphatic hydroxyl groups excluding tert-OH is 1. The van der Waals surface area contributed by atoms with Crippen LogP contribution in [0.1, 0.15) is 35.4 Å². The second-order valence-electron chi connectivity index (χ2n) is 7.67. The van der Waals surface area contributed by atoms with Crippen molar-refractivity contribution in [1.29, 1.82) is 0 Å². The van der Waals surface area contributed by atoms with Crippen molar-refractivity contribution in [3.63, 3.8) is 0 Å². The fraction of sp³-hybridized carbons (Fsp3) is 0.200. The van der Waals surface area contributed by atoms with Crippen LogP contribution in [0.2, 0.25) is 0 Å². The molecular weight excluding hydrogens is 410 g/mol. The van der Waals surface area contributed by atoms with E-state index in [1.807, 2.05) is 24.3 Å². The molecule has 1 saturated heterocycles. The molecule has 1 unspecified atom stereocenters. The molecule has 1 amide bonds. The number of aliphatic hydroxyl groups is 1. The minimum absolute atomic E-state index is 0.0321. The van der Waals surface area contributed by atoms with E-state index >= 15 is 0 Å². The molecule has 7 heteroatoms. The summed E-state index contributed by atoms with van der Waals surface area (Å²) in [4.78, 5) is 27.6. The highest BCUT2D eigenvalue weighted by Gasteiger charge is 2.46. The van der Waals surface area contributed by atoms with Gasteiger partial charge in [-0.05, 0) is 47.9 Å². The zero-order valence-electron chi connectivity index (χ0n) is 17.4. The molecule has 3 heterocycles. The Morgan fingerprint density at radius 2 is 1.84 bits per heavy atom. The molecule has 0 spiro atoms. The number of fused-ring (bicyclic) bond motifs is 1. The minimum Gasteiger partial charge on any atom is -0.507 e. The van der Waals surface area contributed by atoms with Crippen LogP contribution in [0.15, 0.2) is 70.9 Å². The Labute approximate surface area is 184 Å². The van der Waals surface area contributed by atoms with Crippen molar-refractivity contribution in [2.45, 2.75) is 25.9 Å². The van der Waals surface area contributed by atoms with E-state index in [0.29, 0.717) is 22.8 Å². The largest absolute Gasteiger partial charge is 0.507 e. The van der Waals surface area contributed by atoms with Crippen LogP contribution in [0.3, 0.4) is 0 Å². The number of furan rings is 1. The van der Waals surface area contributed by atoms with Crippen molar-refractivity contribution in [3.05, 3.63) is 88.9 Å². The Hall–Kier alpha value is -4.00. The average molecular weight is 431 g/mol. The number of nitrogens with zero attached hydrogens (tertiary/aromatic N) is 1. The monoisotopic (exact) mass is 431 g/mol. The van der Waals surface area contributed by atoms with E-state index < -0.39 is 17.7 Å². The van der Waals surface area contributed by atoms with Crippen LogP contribution < -0.4 is 9.47 Å². The third-order valence-corrected chi connectivity index (χ3v) is 5.80. The van der Waals surface area contributed by atoms with Gasteiger partial charge in [0.25, 0.3) is 11.7 Å². The van der Waals surface area contributed by atoms with Gasteiger partial charge >= 0.3 is 0 Å². The van der Waals surface area contributed by atoms with Crippen molar-refractivity contribution < 1.29 is 28.6 Å². The van der Waals surface area contributed by atoms with Gasteiger partial charge in [0, 0.05) is 5.56 Å². The summed E-state index contributed by atoms with van der Waals surface area (Å²) in [6.45, 7) is 2.25. The van der Waals surface area contributed by atoms with Crippen LogP contribution >= 0.6 is 0 Å². The van der Waals surface area contributed by atoms with Gasteiger partial charge in [-0.3, -0.25) is 9.59 Å². The average Bonchev–Trinajstić information content (AvgIpc) is 3.55. The predicted molar refractivity (Wildman–Crippen MR) is 115 cm³/mol. The van der Waals surface area contributed by atoms with E-state index in [4.69, 9.17) is 13.9 Å². The zero-order valence-corrected chi connectivity index (χ0v) is 17.4. The topological polar surface area (TPSA) is 89.2 Å². The third-order valence-electron chi connectivity index (χ3n) is 5.80. The first-order chi connectivity index (χ1) is 15.6. The van der Waals surface area contributed by atoms with Gasteiger partial charge < -0.3 is 23.9 Å². The molecule has 0 radical (unpaired) electrons. The number of hydrogen-bond acceptors (Lipinski definition) is 6. The molecule has 5 rings (SSSR count). The lowest BCUT2D eigenvalue weighted by Gasteiger charge is -2.24. The van der Waals surface area contributed by atoms with Gasteiger partial charge in [0.05, 0.1) is 24.4 Å². The summed E-state index contributed by atoms with van der Waals surface area (Å²) in [5.74, 6) is -0.0999. The predicted octanol–water partition coefficient (Wildman–Crippen LogP) is 4.19. The lowest BCUT2D eigenvalue weighted by Crippen LogP contribution is -2.29. The molecule has 7 nitrogen and oxygen atoms in total. The number of Topliss-reactive ketones (excluding diaryl/α,β-unsaturated/α-hetero) is 1. The Bertz CT molecular complexity index is 1210. The molecule has 1 atom stereocenters. The second-order valence-corrected chi connectivity index (χ2v) is 7.67. The number of carbonyl (C=O) groups is 2. The fourth-order valence-electron chi connectivity index (χ4n) is 4.10. The summed E-state index contributed by atoms with van der Waals surface area (Å²) in [5.41, 5.74) is 2.27. The van der Waals surface area contributed by atoms with Gasteiger partial charge in [0.1, 0.15) is 11.5 Å². The lowest BCUT2D eigenvalue weighted by atomic mass is 9.94. The van der Waals surface area contributed by atoms with Crippen molar-refractivity contribution in [1.82, 2.24) is 4.90 Å². The summed E-state index contributed by atoms with van der Waals surface area (Å²) in [7, 11) is 0. The number of carbonyl (C=O) groups excluding carboxylic acids is 2. The molecule has 32 heavy (non-hydrogen) atoms. The van der Waals surface area contributed by atoms with Gasteiger partial charge in [-0.1, -0.05) is 31.2 Å². The van der Waals surface area contributed by atoms with Gasteiger partial charge in [0.15, 0.2) is 11.5 Å². The van der Waals surface area contributed by atoms with Crippen LogP contribution in [-0.2, 0) is 22.6 Å². The Kier molecular flexibility index (Phi) is 4.93. The van der Waals surface area contributed by atoms with Crippen molar-refractivity contribution in [2.24, 2.45) is 0 Å². The molecule has 0 saturated carbocycles. The van der Waals surface area contributed by atoms with Gasteiger partial charge in [-0.25, -0.2) is 0 Å². The number of aryl methyl sites for hydroxylation is 1. The minimum atomic E-state index is -0.753. The summed E-state index contributed by atoms with van der Waals surface area (Å²) < 4.78 is 16.1. The van der Waals surface area contributed by atoms with Crippen LogP contribution in [0.25, 0.3) is 5.76 Å². The summed E-state index contributed by atoms with van der Waals surface area (Å²) in [5, 5.41) is 11.2. The van der Waals surface area contributed by atoms with E-state index in [-0.39, 0.29) is 24.7 Å². The van der Waals surface area contributed by atoms with Crippen LogP contribution in [0.4, 0.5) is 0 Å². The number of ether oxygens (including phenoxy) is 2. The highest BCUT2D eigenvalue weighted by atomic mass is 16.7. The molecule has 2 aliphatic heterocycles. The fourth-order valence-corrected chi connectivity index (χ4v) is 4.10. The maximum absolute atomic E-state index is 13.1. The normalized spacial score (nSPS) is 19.0. The highest BCUT2D eigenvalue weighted by molar-refractivity contribution is 6.46. The molecular formula is C25H21NO6. The maximum Gasteiger partial charge on any atom is 0.296 e. The van der Waals surface area contributed by atoms with Crippen LogP contribution in [-0.4, -0.2) is 28.5 Å². The zero-order chi connectivity index (χ0) is 22.2. The van der Waals surface area contributed by atoms with Crippen LogP contribution in [0, 0.1) is 0 Å². The first-order valence-electron chi connectivity index (χ1n) is 10.4. The molecule has 1 N–H and O–H groups in total. The Morgan fingerprint density at radius 3 is 2.56 bits per heavy atom. The standard InChI is InChI=1S/C25H21NO6/c1-2-15-5-7-16(8-6-15)22-21(23(27)17-9-10-19-20(12-17)32-14-31-19)24(28)25(29)26(22)13-18-4-3-11-30-18/h3-12,22,27H,2,13-14H2,1H3/b23-21-. The number of rotatable bonds is 5. The number of amides is 1. The molecule has 2 aromatic carbocycles. The molecule has 162 valence electrons. The molecule has 2 aliphatic rings. The van der Waals surface area contributed by atoms with Crippen LogP contribution in [0.5, 0.6) is 11.5 Å². The summed E-state index contributed by atoms with van der Waals surface area (Å²) >= 11 is 0. The van der Waals surface area contributed by atoms with Crippen molar-refractivity contribution in [3.8, 4) is 11.5 Å². The number of likely N-dealkylation sites (tertiary alicyclic amines) is 1. The lowest BCUT2D eigenvalue weighted by molar-refractivity contribution is -0.140. The number of hydrogen-bond donors (Lipinski definition) is 1. The van der Waals surface area contributed by atoms with E-state index in [9.17, 15) is 14.7 Å². The summed E-state index contributed by atoms with van der Waals surface area (Å²) in [6, 6.07) is 15.3. The van der Waals surface area contributed by atoms with E-state index in [0.717, 1.165) is 17.5 Å². The molecule has 0 bridgehead atoms. The second kappa shape index (κ2) is 7.92. The maximum atomic E-state index is 13.1. The quantitative estimate of drug-likeness (QED) is 0.370. The SMILES string of the molecule is CCc1ccc(C2/C(=C(/O)c3ccc4c(c3)OCO4)C(=O)C(=O)N2Cc2ccco2)cc1. The van der Waals surface area contributed by atoms with E-state index in [1.54, 1.807) is 30.3 Å². The third kappa shape index (κ3) is 3.32. The van der Waals surface area contributed by atoms with E-state index in [2.05, 4.69) is 6.92 Å². The first-order valence-corrected chi connectivity index (χ1v) is 10.4. The Balaban J connectivity index is 1.63. The van der Waals surface area contributed by atoms with E-state index in [1.165, 1.54) is 11.2 Å². The first kappa shape index (κ1) is 19.9. The number of benzene rings is 2. The van der Waals surface area contributed by atoms with Gasteiger partial charge in [0.2, 0.25) is 6.79 Å². The smallest absolute Gasteiger partial charge is 0.296 e. The van der Waals surface area contributed by atoms with Gasteiger partial charge in [-0.15, -0.1) is 0 Å². The van der Waals surface area contributed by atoms with Crippen molar-refractivity contribution >= 4 is 17.4 Å². The molecule has 0 aliphatic carbocycles. The Morgan fingerprint density at radius 1 is 1.06 bits per heavy atom. The molecule has 3 aromatic rings. The number of ketones is 1.